The predicted octanol–water partition coefficient (Wildman–Crippen LogP) is 4.72. The topological polar surface area (TPSA) is 142 Å². The molecule has 52 heavy (non-hydrogen) atoms. The molecule has 272 valence electrons. The normalized spacial score (nSPS) is 14.7. The van der Waals surface area contributed by atoms with Crippen molar-refractivity contribution < 1.29 is 47.5 Å². The zero-order valence-corrected chi connectivity index (χ0v) is 30.6. The fourth-order valence-electron chi connectivity index (χ4n) is 5.69. The van der Waals surface area contributed by atoms with Crippen LogP contribution in [0.2, 0.25) is 5.02 Å². The summed E-state index contributed by atoms with van der Waals surface area (Å²) in [7, 11) is 2.76. The SMILES string of the molecule is CCOC(=O)C1=C(C)N=c2s/c(=C\c3cc(Cl)c(OCc4ccc5c(c4)OCO5)c(OC)c3)c(=O)n2[C@H]1c1ccc(OCC(=O)OC)c(OCC)c1. The van der Waals surface area contributed by atoms with Crippen molar-refractivity contribution in [3.63, 3.8) is 0 Å². The van der Waals surface area contributed by atoms with Crippen LogP contribution in [-0.2, 0) is 25.7 Å². The van der Waals surface area contributed by atoms with E-state index in [0.29, 0.717) is 54.9 Å². The number of thiazole rings is 1. The van der Waals surface area contributed by atoms with Crippen LogP contribution in [0.25, 0.3) is 6.08 Å². The predicted molar refractivity (Wildman–Crippen MR) is 190 cm³/mol. The van der Waals surface area contributed by atoms with Crippen LogP contribution >= 0.6 is 22.9 Å². The molecule has 0 unspecified atom stereocenters. The van der Waals surface area contributed by atoms with Gasteiger partial charge >= 0.3 is 11.9 Å². The van der Waals surface area contributed by atoms with Crippen LogP contribution in [0.4, 0.5) is 0 Å². The third kappa shape index (κ3) is 7.44. The summed E-state index contributed by atoms with van der Waals surface area (Å²) in [6.45, 7) is 5.63. The van der Waals surface area contributed by atoms with E-state index in [1.165, 1.54) is 18.8 Å². The summed E-state index contributed by atoms with van der Waals surface area (Å²) >= 11 is 7.87. The average molecular weight is 751 g/mol. The van der Waals surface area contributed by atoms with Crippen molar-refractivity contribution in [2.75, 3.05) is 40.8 Å². The number of methoxy groups -OCH3 is 2. The van der Waals surface area contributed by atoms with Gasteiger partial charge in [0.05, 0.1) is 54.3 Å². The number of hydrogen-bond donors (Lipinski definition) is 0. The van der Waals surface area contributed by atoms with Crippen LogP contribution in [-0.4, -0.2) is 57.3 Å². The van der Waals surface area contributed by atoms with Gasteiger partial charge in [-0.05, 0) is 79.9 Å². The van der Waals surface area contributed by atoms with Crippen LogP contribution in [0.1, 0.15) is 43.5 Å². The van der Waals surface area contributed by atoms with Gasteiger partial charge < -0.3 is 37.9 Å². The number of nitrogens with zero attached hydrogens (tertiary/aromatic N) is 2. The first-order chi connectivity index (χ1) is 25.1. The molecule has 0 radical (unpaired) electrons. The van der Waals surface area contributed by atoms with Crippen molar-refractivity contribution >= 4 is 41.0 Å². The zero-order chi connectivity index (χ0) is 36.9. The number of aromatic nitrogens is 1. The molecule has 0 saturated heterocycles. The van der Waals surface area contributed by atoms with Gasteiger partial charge in [0.25, 0.3) is 5.56 Å². The lowest BCUT2D eigenvalue weighted by molar-refractivity contribution is -0.143. The summed E-state index contributed by atoms with van der Waals surface area (Å²) in [5.41, 5.74) is 2.15. The average Bonchev–Trinajstić information content (AvgIpc) is 3.72. The van der Waals surface area contributed by atoms with Gasteiger partial charge in [0.1, 0.15) is 6.61 Å². The minimum Gasteiger partial charge on any atom is -0.493 e. The van der Waals surface area contributed by atoms with Crippen LogP contribution in [0.15, 0.2) is 69.6 Å². The van der Waals surface area contributed by atoms with E-state index < -0.39 is 23.5 Å². The van der Waals surface area contributed by atoms with Gasteiger partial charge in [-0.25, -0.2) is 14.6 Å². The first-order valence-electron chi connectivity index (χ1n) is 16.2. The fraction of sp³-hybridized carbons (Fsp3) is 0.297. The molecule has 0 N–H and O–H groups in total. The van der Waals surface area contributed by atoms with Crippen molar-refractivity contribution in [1.82, 2.24) is 4.57 Å². The van der Waals surface area contributed by atoms with Gasteiger partial charge in [0, 0.05) is 0 Å². The first-order valence-corrected chi connectivity index (χ1v) is 17.4. The summed E-state index contributed by atoms with van der Waals surface area (Å²) in [5, 5.41) is 0.274. The second kappa shape index (κ2) is 15.8. The number of ether oxygens (including phenoxy) is 8. The summed E-state index contributed by atoms with van der Waals surface area (Å²) in [5.74, 6) is 1.43. The number of carbonyl (C=O) groups excluding carboxylic acids is 2. The lowest BCUT2D eigenvalue weighted by Gasteiger charge is -2.25. The Balaban J connectivity index is 1.38. The second-order valence-electron chi connectivity index (χ2n) is 11.3. The molecule has 4 aromatic rings. The largest absolute Gasteiger partial charge is 0.493 e. The van der Waals surface area contributed by atoms with Gasteiger partial charge in [0.15, 0.2) is 45.9 Å². The van der Waals surface area contributed by atoms with E-state index >= 15 is 0 Å². The molecule has 0 bridgehead atoms. The molecule has 1 aromatic heterocycles. The standard InChI is InChI=1S/C37H35ClN2O11S/c1-6-46-28-16-23(9-11-25(28)48-18-31(41)45-5)33-32(36(43)47-7-2)20(3)39-37-40(33)35(42)30(52-37)15-22-12-24(38)34(29(14-22)44-4)49-17-21-8-10-26-27(13-21)51-19-50-26/h8-16,33H,6-7,17-19H2,1-5H3/b30-15-/t33-/m0/s1. The summed E-state index contributed by atoms with van der Waals surface area (Å²) < 4.78 is 45.9. The van der Waals surface area contributed by atoms with Crippen molar-refractivity contribution in [2.24, 2.45) is 4.99 Å². The summed E-state index contributed by atoms with van der Waals surface area (Å²) in [4.78, 5) is 44.4. The van der Waals surface area contributed by atoms with Crippen molar-refractivity contribution in [3.05, 3.63) is 101 Å². The Labute approximate surface area is 307 Å². The number of benzene rings is 3. The number of fused-ring (bicyclic) bond motifs is 2. The Bertz CT molecular complexity index is 2240. The van der Waals surface area contributed by atoms with Crippen molar-refractivity contribution in [3.8, 4) is 34.5 Å². The van der Waals surface area contributed by atoms with Gasteiger partial charge in [-0.1, -0.05) is 35.1 Å². The Morgan fingerprint density at radius 3 is 2.54 bits per heavy atom. The Kier molecular flexibility index (Phi) is 11.1. The number of hydrogen-bond acceptors (Lipinski definition) is 13. The third-order valence-corrected chi connectivity index (χ3v) is 9.31. The van der Waals surface area contributed by atoms with Crippen molar-refractivity contribution in [1.29, 1.82) is 0 Å². The molecule has 2 aliphatic heterocycles. The number of rotatable bonds is 13. The smallest absolute Gasteiger partial charge is 0.343 e. The highest BCUT2D eigenvalue weighted by atomic mass is 35.5. The molecule has 0 saturated carbocycles. The molecule has 3 heterocycles. The molecular formula is C37H35ClN2O11S. The minimum atomic E-state index is -0.920. The maximum absolute atomic E-state index is 14.3. The van der Waals surface area contributed by atoms with E-state index in [1.54, 1.807) is 57.2 Å². The van der Waals surface area contributed by atoms with E-state index in [9.17, 15) is 14.4 Å². The van der Waals surface area contributed by atoms with Gasteiger partial charge in [0.2, 0.25) is 6.79 Å². The van der Waals surface area contributed by atoms with Gasteiger partial charge in [-0.2, -0.15) is 0 Å². The molecule has 0 amide bonds. The highest BCUT2D eigenvalue weighted by Gasteiger charge is 2.34. The van der Waals surface area contributed by atoms with Crippen LogP contribution in [0.5, 0.6) is 34.5 Å². The highest BCUT2D eigenvalue weighted by molar-refractivity contribution is 7.07. The quantitative estimate of drug-likeness (QED) is 0.175. The first kappa shape index (κ1) is 36.3. The maximum atomic E-state index is 14.3. The second-order valence-corrected chi connectivity index (χ2v) is 12.7. The fourth-order valence-corrected chi connectivity index (χ4v) is 7.01. The monoisotopic (exact) mass is 750 g/mol. The van der Waals surface area contributed by atoms with Gasteiger partial charge in [-0.15, -0.1) is 0 Å². The number of carbonyl (C=O) groups is 2. The van der Waals surface area contributed by atoms with E-state index in [2.05, 4.69) is 9.73 Å². The molecular weight excluding hydrogens is 716 g/mol. The van der Waals surface area contributed by atoms with Crippen LogP contribution in [0.3, 0.4) is 0 Å². The van der Waals surface area contributed by atoms with Crippen LogP contribution < -0.4 is 43.3 Å². The van der Waals surface area contributed by atoms with E-state index in [-0.39, 0.29) is 49.6 Å². The molecule has 15 heteroatoms. The minimum absolute atomic E-state index is 0.121. The molecule has 3 aromatic carbocycles. The Morgan fingerprint density at radius 2 is 1.79 bits per heavy atom. The number of esters is 2. The molecule has 0 spiro atoms. The third-order valence-electron chi connectivity index (χ3n) is 8.04. The Hall–Kier alpha value is -5.47. The zero-order valence-electron chi connectivity index (χ0n) is 29.0. The van der Waals surface area contributed by atoms with Crippen molar-refractivity contribution in [2.45, 2.75) is 33.4 Å². The Morgan fingerprint density at radius 1 is 0.981 bits per heavy atom. The van der Waals surface area contributed by atoms with E-state index in [0.717, 1.165) is 16.9 Å². The van der Waals surface area contributed by atoms with E-state index in [4.69, 9.17) is 44.8 Å². The molecule has 1 atom stereocenters. The molecule has 2 aliphatic rings. The molecule has 0 aliphatic carbocycles. The lowest BCUT2D eigenvalue weighted by Crippen LogP contribution is -2.40. The molecule has 0 fully saturated rings. The number of halogens is 1. The van der Waals surface area contributed by atoms with Crippen LogP contribution in [0, 0.1) is 0 Å². The lowest BCUT2D eigenvalue weighted by atomic mass is 9.95. The maximum Gasteiger partial charge on any atom is 0.343 e. The van der Waals surface area contributed by atoms with E-state index in [1.807, 2.05) is 18.2 Å². The molecule has 6 rings (SSSR count). The highest BCUT2D eigenvalue weighted by Crippen LogP contribution is 2.39. The number of allylic oxidation sites excluding steroid dienone is 1. The molecule has 13 nitrogen and oxygen atoms in total. The van der Waals surface area contributed by atoms with Gasteiger partial charge in [-0.3, -0.25) is 9.36 Å². The summed E-state index contributed by atoms with van der Waals surface area (Å²) in [6.07, 6.45) is 1.68. The summed E-state index contributed by atoms with van der Waals surface area (Å²) in [6, 6.07) is 13.0.